The highest BCUT2D eigenvalue weighted by Gasteiger charge is 2.24. The molecule has 1 aromatic rings. The quantitative estimate of drug-likeness (QED) is 0.770. The van der Waals surface area contributed by atoms with Gasteiger partial charge in [0.2, 0.25) is 0 Å². The average molecular weight is 209 g/mol. The van der Waals surface area contributed by atoms with Crippen molar-refractivity contribution in [2.45, 2.75) is 23.8 Å². The van der Waals surface area contributed by atoms with Crippen molar-refractivity contribution in [1.29, 1.82) is 0 Å². The molecule has 1 aliphatic carbocycles. The van der Waals surface area contributed by atoms with Gasteiger partial charge in [0.25, 0.3) is 0 Å². The standard InChI is InChI=1S/C11H15NOS/c1-12-10-6-5-9(14-2)7-11(10)13-8-3-4-8/h5-8,12H,3-4H2,1-2H3. The fraction of sp³-hybridized carbons (Fsp3) is 0.455. The van der Waals surface area contributed by atoms with E-state index in [0.29, 0.717) is 6.10 Å². The lowest BCUT2D eigenvalue weighted by molar-refractivity contribution is 0.304. The SMILES string of the molecule is CNc1ccc(SC)cc1OC1CC1. The molecular weight excluding hydrogens is 194 g/mol. The van der Waals surface area contributed by atoms with Crippen LogP contribution in [0.2, 0.25) is 0 Å². The van der Waals surface area contributed by atoms with E-state index >= 15 is 0 Å². The summed E-state index contributed by atoms with van der Waals surface area (Å²) in [5, 5.41) is 3.15. The van der Waals surface area contributed by atoms with Gasteiger partial charge in [0.15, 0.2) is 0 Å². The summed E-state index contributed by atoms with van der Waals surface area (Å²) in [6, 6.07) is 6.29. The molecule has 0 aromatic heterocycles. The van der Waals surface area contributed by atoms with Gasteiger partial charge in [-0.1, -0.05) is 0 Å². The number of ether oxygens (including phenoxy) is 1. The fourth-order valence-corrected chi connectivity index (χ4v) is 1.73. The molecule has 14 heavy (non-hydrogen) atoms. The molecule has 1 saturated carbocycles. The lowest BCUT2D eigenvalue weighted by Crippen LogP contribution is -2.00. The Morgan fingerprint density at radius 1 is 1.43 bits per heavy atom. The third-order valence-electron chi connectivity index (χ3n) is 2.28. The molecular formula is C11H15NOS. The predicted octanol–water partition coefficient (Wildman–Crippen LogP) is 2.99. The molecule has 2 rings (SSSR count). The molecule has 0 amide bonds. The van der Waals surface area contributed by atoms with E-state index in [1.165, 1.54) is 17.7 Å². The van der Waals surface area contributed by atoms with Crippen LogP contribution in [0.15, 0.2) is 23.1 Å². The topological polar surface area (TPSA) is 21.3 Å². The molecule has 0 spiro atoms. The summed E-state index contributed by atoms with van der Waals surface area (Å²) < 4.78 is 5.81. The maximum Gasteiger partial charge on any atom is 0.143 e. The first kappa shape index (κ1) is 9.71. The van der Waals surface area contributed by atoms with Crippen LogP contribution in [0.4, 0.5) is 5.69 Å². The van der Waals surface area contributed by atoms with E-state index in [-0.39, 0.29) is 0 Å². The Morgan fingerprint density at radius 3 is 2.79 bits per heavy atom. The van der Waals surface area contributed by atoms with Crippen LogP contribution >= 0.6 is 11.8 Å². The molecule has 1 aliphatic rings. The van der Waals surface area contributed by atoms with Crippen LogP contribution in [0.1, 0.15) is 12.8 Å². The van der Waals surface area contributed by atoms with Crippen molar-refractivity contribution in [1.82, 2.24) is 0 Å². The van der Waals surface area contributed by atoms with Gasteiger partial charge in [-0.25, -0.2) is 0 Å². The van der Waals surface area contributed by atoms with Crippen molar-refractivity contribution < 1.29 is 4.74 Å². The lowest BCUT2D eigenvalue weighted by atomic mass is 10.3. The van der Waals surface area contributed by atoms with Crippen molar-refractivity contribution in [3.8, 4) is 5.75 Å². The maximum atomic E-state index is 5.81. The van der Waals surface area contributed by atoms with Gasteiger partial charge >= 0.3 is 0 Å². The highest BCUT2D eigenvalue weighted by Crippen LogP contribution is 2.34. The summed E-state index contributed by atoms with van der Waals surface area (Å²) in [6.07, 6.45) is 4.94. The fourth-order valence-electron chi connectivity index (χ4n) is 1.30. The third-order valence-corrected chi connectivity index (χ3v) is 3.00. The van der Waals surface area contributed by atoms with E-state index in [1.807, 2.05) is 7.05 Å². The Balaban J connectivity index is 2.21. The van der Waals surface area contributed by atoms with Gasteiger partial charge in [0, 0.05) is 11.9 Å². The van der Waals surface area contributed by atoms with Gasteiger partial charge in [-0.05, 0) is 37.3 Å². The van der Waals surface area contributed by atoms with Gasteiger partial charge in [0.1, 0.15) is 5.75 Å². The van der Waals surface area contributed by atoms with Gasteiger partial charge < -0.3 is 10.1 Å². The van der Waals surface area contributed by atoms with Gasteiger partial charge in [-0.15, -0.1) is 11.8 Å². The summed E-state index contributed by atoms with van der Waals surface area (Å²) in [5.74, 6) is 0.988. The van der Waals surface area contributed by atoms with Gasteiger partial charge in [-0.2, -0.15) is 0 Å². The molecule has 0 aliphatic heterocycles. The zero-order valence-electron chi connectivity index (χ0n) is 8.54. The number of hydrogen-bond donors (Lipinski definition) is 1. The highest BCUT2D eigenvalue weighted by molar-refractivity contribution is 7.98. The number of nitrogens with one attached hydrogen (secondary N) is 1. The largest absolute Gasteiger partial charge is 0.488 e. The second-order valence-electron chi connectivity index (χ2n) is 3.43. The third kappa shape index (κ3) is 2.15. The second-order valence-corrected chi connectivity index (χ2v) is 4.31. The van der Waals surface area contributed by atoms with Crippen LogP contribution in [0, 0.1) is 0 Å². The van der Waals surface area contributed by atoms with E-state index < -0.39 is 0 Å². The minimum atomic E-state index is 0.458. The average Bonchev–Trinajstić information content (AvgIpc) is 3.01. The molecule has 2 nitrogen and oxygen atoms in total. The van der Waals surface area contributed by atoms with Crippen LogP contribution in [0.5, 0.6) is 5.75 Å². The monoisotopic (exact) mass is 209 g/mol. The molecule has 0 heterocycles. The van der Waals surface area contributed by atoms with Crippen molar-refractivity contribution >= 4 is 17.4 Å². The number of rotatable bonds is 4. The number of anilines is 1. The smallest absolute Gasteiger partial charge is 0.143 e. The molecule has 0 bridgehead atoms. The molecule has 76 valence electrons. The van der Waals surface area contributed by atoms with E-state index in [4.69, 9.17) is 4.74 Å². The highest BCUT2D eigenvalue weighted by atomic mass is 32.2. The lowest BCUT2D eigenvalue weighted by Gasteiger charge is -2.11. The van der Waals surface area contributed by atoms with Crippen LogP contribution in [0.25, 0.3) is 0 Å². The summed E-state index contributed by atoms with van der Waals surface area (Å²) in [7, 11) is 1.92. The first-order valence-electron chi connectivity index (χ1n) is 4.86. The predicted molar refractivity (Wildman–Crippen MR) is 61.4 cm³/mol. The molecule has 1 N–H and O–H groups in total. The number of hydrogen-bond acceptors (Lipinski definition) is 3. The van der Waals surface area contributed by atoms with E-state index in [1.54, 1.807) is 11.8 Å². The Kier molecular flexibility index (Phi) is 2.87. The minimum Gasteiger partial charge on any atom is -0.488 e. The van der Waals surface area contributed by atoms with E-state index in [0.717, 1.165) is 11.4 Å². The van der Waals surface area contributed by atoms with Gasteiger partial charge in [-0.3, -0.25) is 0 Å². The minimum absolute atomic E-state index is 0.458. The van der Waals surface area contributed by atoms with Crippen LogP contribution in [-0.2, 0) is 0 Å². The Bertz CT molecular complexity index is 323. The molecule has 0 saturated heterocycles. The number of thioether (sulfide) groups is 1. The number of benzene rings is 1. The Labute approximate surface area is 89.0 Å². The van der Waals surface area contributed by atoms with E-state index in [9.17, 15) is 0 Å². The normalized spacial score (nSPS) is 15.3. The molecule has 3 heteroatoms. The van der Waals surface area contributed by atoms with Crippen LogP contribution in [0.3, 0.4) is 0 Å². The molecule has 0 unspecified atom stereocenters. The first-order valence-corrected chi connectivity index (χ1v) is 6.08. The Hall–Kier alpha value is -0.830. The Morgan fingerprint density at radius 2 is 2.21 bits per heavy atom. The summed E-state index contributed by atoms with van der Waals surface area (Å²) in [5.41, 5.74) is 1.08. The zero-order chi connectivity index (χ0) is 9.97. The molecule has 1 aromatic carbocycles. The van der Waals surface area contributed by atoms with E-state index in [2.05, 4.69) is 29.8 Å². The first-order chi connectivity index (χ1) is 6.83. The van der Waals surface area contributed by atoms with Crippen LogP contribution < -0.4 is 10.1 Å². The van der Waals surface area contributed by atoms with Crippen molar-refractivity contribution in [3.63, 3.8) is 0 Å². The second kappa shape index (κ2) is 4.13. The molecule has 0 radical (unpaired) electrons. The van der Waals surface area contributed by atoms with Crippen molar-refractivity contribution in [2.75, 3.05) is 18.6 Å². The van der Waals surface area contributed by atoms with Crippen molar-refractivity contribution in [2.24, 2.45) is 0 Å². The van der Waals surface area contributed by atoms with Crippen molar-refractivity contribution in [3.05, 3.63) is 18.2 Å². The summed E-state index contributed by atoms with van der Waals surface area (Å²) in [4.78, 5) is 1.25. The van der Waals surface area contributed by atoms with Gasteiger partial charge in [0.05, 0.1) is 11.8 Å². The zero-order valence-corrected chi connectivity index (χ0v) is 9.36. The van der Waals surface area contributed by atoms with Crippen LogP contribution in [-0.4, -0.2) is 19.4 Å². The molecule has 1 fully saturated rings. The summed E-state index contributed by atoms with van der Waals surface area (Å²) in [6.45, 7) is 0. The maximum absolute atomic E-state index is 5.81. The summed E-state index contributed by atoms with van der Waals surface area (Å²) >= 11 is 1.74. The molecule has 0 atom stereocenters.